The number of amides is 1. The van der Waals surface area contributed by atoms with E-state index in [9.17, 15) is 14.4 Å². The molecular weight excluding hydrogens is 598 g/mol. The third-order valence-electron chi connectivity index (χ3n) is 8.47. The molecule has 0 fully saturated rings. The average Bonchev–Trinajstić information content (AvgIpc) is 3.07. The van der Waals surface area contributed by atoms with E-state index in [2.05, 4.69) is 67.8 Å². The monoisotopic (exact) mass is 672 g/mol. The maximum Gasteiger partial charge on any atom is 0.322 e. The molecule has 1 unspecified atom stereocenters. The molecule has 0 saturated carbocycles. The van der Waals surface area contributed by atoms with Crippen LogP contribution in [0, 0.1) is 0 Å². The fraction of sp³-hybridized carbons (Fsp3) is 0.738. The van der Waals surface area contributed by atoms with Crippen LogP contribution in [0.1, 0.15) is 187 Å². The lowest BCUT2D eigenvalue weighted by Crippen LogP contribution is -2.28. The third-order valence-corrected chi connectivity index (χ3v) is 8.47. The van der Waals surface area contributed by atoms with E-state index in [0.717, 1.165) is 83.5 Å². The standard InChI is InChI=1S/C42H73NO5/c1-3-5-7-9-11-13-14-15-16-17-18-19-20-21-23-29-33-37-42(47)48-39(34-30-26-22-12-10-8-6-4-2)35-31-27-24-25-28-32-36-40(44)43-38-41(45)46/h5,7,11,13,15-16,30,34,39H,3-4,6,8-10,12,14,17-29,31-33,35-38H2,1-2H3,(H,43,44)(H,45,46)/b7-5-,13-11-,16-15-,34-30-. The van der Waals surface area contributed by atoms with Gasteiger partial charge in [-0.2, -0.15) is 0 Å². The molecule has 2 N–H and O–H groups in total. The predicted molar refractivity (Wildman–Crippen MR) is 203 cm³/mol. The van der Waals surface area contributed by atoms with E-state index < -0.39 is 5.97 Å². The number of carboxylic acids is 1. The Morgan fingerprint density at radius 2 is 1.08 bits per heavy atom. The van der Waals surface area contributed by atoms with Gasteiger partial charge in [-0.1, -0.05) is 146 Å². The molecule has 0 heterocycles. The summed E-state index contributed by atoms with van der Waals surface area (Å²) in [4.78, 5) is 34.8. The molecule has 1 atom stereocenters. The normalized spacial score (nSPS) is 12.5. The minimum absolute atomic E-state index is 0.0653. The summed E-state index contributed by atoms with van der Waals surface area (Å²) in [5.74, 6) is -1.28. The van der Waals surface area contributed by atoms with Gasteiger partial charge in [0.15, 0.2) is 0 Å². The van der Waals surface area contributed by atoms with Crippen LogP contribution in [-0.4, -0.2) is 35.6 Å². The van der Waals surface area contributed by atoms with E-state index in [-0.39, 0.29) is 24.5 Å². The summed E-state index contributed by atoms with van der Waals surface area (Å²) in [6.07, 6.45) is 46.7. The van der Waals surface area contributed by atoms with Crippen molar-refractivity contribution in [2.24, 2.45) is 0 Å². The smallest absolute Gasteiger partial charge is 0.322 e. The minimum Gasteiger partial charge on any atom is -0.480 e. The van der Waals surface area contributed by atoms with Crippen LogP contribution in [0.5, 0.6) is 0 Å². The van der Waals surface area contributed by atoms with Crippen LogP contribution in [0.2, 0.25) is 0 Å². The predicted octanol–water partition coefficient (Wildman–Crippen LogP) is 11.9. The van der Waals surface area contributed by atoms with Gasteiger partial charge < -0.3 is 15.2 Å². The van der Waals surface area contributed by atoms with Crippen molar-refractivity contribution >= 4 is 17.8 Å². The van der Waals surface area contributed by atoms with Gasteiger partial charge in [-0.15, -0.1) is 0 Å². The summed E-state index contributed by atoms with van der Waals surface area (Å²) in [6.45, 7) is 4.09. The highest BCUT2D eigenvalue weighted by Gasteiger charge is 2.11. The maximum absolute atomic E-state index is 12.7. The van der Waals surface area contributed by atoms with Crippen molar-refractivity contribution in [3.8, 4) is 0 Å². The van der Waals surface area contributed by atoms with Crippen molar-refractivity contribution in [1.29, 1.82) is 0 Å². The van der Waals surface area contributed by atoms with E-state index in [0.29, 0.717) is 12.8 Å². The molecule has 0 aliphatic carbocycles. The lowest BCUT2D eigenvalue weighted by atomic mass is 10.0. The van der Waals surface area contributed by atoms with Crippen molar-refractivity contribution in [2.45, 2.75) is 193 Å². The Hall–Kier alpha value is -2.63. The van der Waals surface area contributed by atoms with Gasteiger partial charge in [-0.3, -0.25) is 14.4 Å². The molecule has 0 aromatic heterocycles. The lowest BCUT2D eigenvalue weighted by molar-refractivity contribution is -0.147. The topological polar surface area (TPSA) is 92.7 Å². The molecule has 6 nitrogen and oxygen atoms in total. The third kappa shape index (κ3) is 36.2. The average molecular weight is 672 g/mol. The molecule has 1 amide bonds. The molecule has 276 valence electrons. The van der Waals surface area contributed by atoms with Crippen LogP contribution in [0.4, 0.5) is 0 Å². The number of aliphatic carboxylic acids is 1. The van der Waals surface area contributed by atoms with Crippen molar-refractivity contribution in [3.05, 3.63) is 48.6 Å². The number of carbonyl (C=O) groups excluding carboxylic acids is 2. The Balaban J connectivity index is 4.13. The van der Waals surface area contributed by atoms with Crippen molar-refractivity contribution < 1.29 is 24.2 Å². The number of hydrogen-bond donors (Lipinski definition) is 2. The first-order chi connectivity index (χ1) is 23.5. The molecule has 0 aromatic rings. The lowest BCUT2D eigenvalue weighted by Gasteiger charge is -2.15. The molecule has 0 radical (unpaired) electrons. The molecule has 6 heteroatoms. The van der Waals surface area contributed by atoms with Gasteiger partial charge in [0.25, 0.3) is 0 Å². The summed E-state index contributed by atoms with van der Waals surface area (Å²) >= 11 is 0. The number of rotatable bonds is 35. The first-order valence-electron chi connectivity index (χ1n) is 19.8. The van der Waals surface area contributed by atoms with Crippen LogP contribution in [-0.2, 0) is 19.1 Å². The first-order valence-corrected chi connectivity index (χ1v) is 19.8. The summed E-state index contributed by atoms with van der Waals surface area (Å²) in [5, 5.41) is 11.0. The fourth-order valence-corrected chi connectivity index (χ4v) is 5.56. The second-order valence-electron chi connectivity index (χ2n) is 13.2. The summed E-state index contributed by atoms with van der Waals surface area (Å²) in [6, 6.07) is 0. The van der Waals surface area contributed by atoms with E-state index >= 15 is 0 Å². The Labute approximate surface area is 295 Å². The van der Waals surface area contributed by atoms with Crippen LogP contribution in [0.3, 0.4) is 0 Å². The van der Waals surface area contributed by atoms with Gasteiger partial charge in [0, 0.05) is 12.8 Å². The van der Waals surface area contributed by atoms with Crippen molar-refractivity contribution in [2.75, 3.05) is 6.54 Å². The van der Waals surface area contributed by atoms with Gasteiger partial charge in [0.05, 0.1) is 0 Å². The number of carboxylic acid groups (broad SMARTS) is 1. The molecule has 0 rings (SSSR count). The Bertz CT molecular complexity index is 875. The first kappa shape index (κ1) is 45.4. The van der Waals surface area contributed by atoms with Crippen molar-refractivity contribution in [1.82, 2.24) is 5.32 Å². The van der Waals surface area contributed by atoms with E-state index in [4.69, 9.17) is 9.84 Å². The minimum atomic E-state index is -1.02. The number of nitrogens with one attached hydrogen (secondary N) is 1. The second-order valence-corrected chi connectivity index (χ2v) is 13.2. The number of hydrogen-bond acceptors (Lipinski definition) is 4. The van der Waals surface area contributed by atoms with E-state index in [1.807, 2.05) is 0 Å². The number of ether oxygens (including phenoxy) is 1. The molecule has 0 aliphatic rings. The van der Waals surface area contributed by atoms with Gasteiger partial charge in [-0.05, 0) is 76.7 Å². The zero-order chi connectivity index (χ0) is 35.2. The van der Waals surface area contributed by atoms with Crippen LogP contribution >= 0.6 is 0 Å². The van der Waals surface area contributed by atoms with Gasteiger partial charge in [0.1, 0.15) is 12.6 Å². The zero-order valence-electron chi connectivity index (χ0n) is 31.1. The van der Waals surface area contributed by atoms with E-state index in [1.165, 1.54) is 77.0 Å². The molecule has 0 saturated heterocycles. The van der Waals surface area contributed by atoms with Gasteiger partial charge in [-0.25, -0.2) is 0 Å². The number of allylic oxidation sites excluding steroid dienone is 7. The number of unbranched alkanes of at least 4 members (excludes halogenated alkanes) is 18. The van der Waals surface area contributed by atoms with Crippen molar-refractivity contribution in [3.63, 3.8) is 0 Å². The molecule has 0 aliphatic heterocycles. The SMILES string of the molecule is CC/C=C\C/C=C\C/C=C\CCCCCCCCCC(=O)OC(/C=C\CCCCCCCC)CCCCCCCCC(=O)NCC(=O)O. The maximum atomic E-state index is 12.7. The molecule has 0 aromatic carbocycles. The molecule has 48 heavy (non-hydrogen) atoms. The van der Waals surface area contributed by atoms with Gasteiger partial charge in [0.2, 0.25) is 5.91 Å². The highest BCUT2D eigenvalue weighted by atomic mass is 16.5. The van der Waals surface area contributed by atoms with Gasteiger partial charge >= 0.3 is 11.9 Å². The second kappa shape index (κ2) is 37.2. The molecular formula is C42H73NO5. The molecule has 0 bridgehead atoms. The Morgan fingerprint density at radius 1 is 0.583 bits per heavy atom. The van der Waals surface area contributed by atoms with Crippen LogP contribution in [0.25, 0.3) is 0 Å². The Morgan fingerprint density at radius 3 is 1.69 bits per heavy atom. The fourth-order valence-electron chi connectivity index (χ4n) is 5.56. The number of carbonyl (C=O) groups is 3. The molecule has 0 spiro atoms. The summed E-state index contributed by atoms with van der Waals surface area (Å²) in [7, 11) is 0. The number of esters is 1. The summed E-state index contributed by atoms with van der Waals surface area (Å²) in [5.41, 5.74) is 0. The van der Waals surface area contributed by atoms with Crippen LogP contribution < -0.4 is 5.32 Å². The zero-order valence-corrected chi connectivity index (χ0v) is 31.1. The van der Waals surface area contributed by atoms with E-state index in [1.54, 1.807) is 0 Å². The summed E-state index contributed by atoms with van der Waals surface area (Å²) < 4.78 is 5.92. The largest absolute Gasteiger partial charge is 0.480 e. The highest BCUT2D eigenvalue weighted by Crippen LogP contribution is 2.16. The quantitative estimate of drug-likeness (QED) is 0.0397. The highest BCUT2D eigenvalue weighted by molar-refractivity contribution is 5.80. The Kier molecular flexibility index (Phi) is 35.2. The van der Waals surface area contributed by atoms with Crippen LogP contribution in [0.15, 0.2) is 48.6 Å².